The molecule has 1 aliphatic heterocycles. The Hall–Kier alpha value is -3.59. The van der Waals surface area contributed by atoms with Crippen LogP contribution in [0.3, 0.4) is 0 Å². The maximum Gasteiger partial charge on any atom is 0.252 e. The highest BCUT2D eigenvalue weighted by Crippen LogP contribution is 2.23. The van der Waals surface area contributed by atoms with Crippen LogP contribution >= 0.6 is 11.8 Å². The van der Waals surface area contributed by atoms with Gasteiger partial charge < -0.3 is 19.7 Å². The summed E-state index contributed by atoms with van der Waals surface area (Å²) in [6.45, 7) is 11.1. The number of para-hydroxylation sites is 1. The fraction of sp³-hybridized carbons (Fsp3) is 0.333. The van der Waals surface area contributed by atoms with Gasteiger partial charge in [-0.2, -0.15) is 0 Å². The van der Waals surface area contributed by atoms with Crippen molar-refractivity contribution in [2.75, 3.05) is 36.8 Å². The number of aromatic nitrogens is 3. The molecule has 3 aromatic rings. The smallest absolute Gasteiger partial charge is 0.252 e. The van der Waals surface area contributed by atoms with Gasteiger partial charge in [0.25, 0.3) is 5.91 Å². The lowest BCUT2D eigenvalue weighted by Gasteiger charge is -2.36. The summed E-state index contributed by atoms with van der Waals surface area (Å²) in [4.78, 5) is 29.9. The minimum atomic E-state index is -0.360. The van der Waals surface area contributed by atoms with Crippen LogP contribution < -0.4 is 10.2 Å². The molecule has 1 atom stereocenters. The van der Waals surface area contributed by atoms with Crippen LogP contribution in [0, 0.1) is 6.92 Å². The van der Waals surface area contributed by atoms with Crippen molar-refractivity contribution >= 4 is 29.3 Å². The van der Waals surface area contributed by atoms with E-state index in [2.05, 4.69) is 39.1 Å². The summed E-state index contributed by atoms with van der Waals surface area (Å²) in [7, 11) is 0. The Morgan fingerprint density at radius 2 is 1.75 bits per heavy atom. The van der Waals surface area contributed by atoms with E-state index in [9.17, 15) is 9.59 Å². The fourth-order valence-corrected chi connectivity index (χ4v) is 5.12. The SMILES string of the molecule is C=CCn1c(SCC(=O)N2CCN(c3ccccc3)CC2)nnc1[C@@H](C)NC(=O)c1ccccc1C. The predicted molar refractivity (Wildman–Crippen MR) is 143 cm³/mol. The lowest BCUT2D eigenvalue weighted by Crippen LogP contribution is -2.49. The van der Waals surface area contributed by atoms with E-state index >= 15 is 0 Å². The van der Waals surface area contributed by atoms with Crippen LogP contribution in [0.4, 0.5) is 5.69 Å². The highest BCUT2D eigenvalue weighted by Gasteiger charge is 2.24. The second-order valence-electron chi connectivity index (χ2n) is 8.74. The second kappa shape index (κ2) is 11.9. The number of amides is 2. The molecule has 1 aliphatic rings. The zero-order valence-electron chi connectivity index (χ0n) is 20.8. The van der Waals surface area contributed by atoms with Gasteiger partial charge in [0.05, 0.1) is 11.8 Å². The van der Waals surface area contributed by atoms with E-state index in [0.29, 0.717) is 36.2 Å². The third-order valence-corrected chi connectivity index (χ3v) is 7.21. The van der Waals surface area contributed by atoms with Gasteiger partial charge in [0.1, 0.15) is 0 Å². The summed E-state index contributed by atoms with van der Waals surface area (Å²) in [6.07, 6.45) is 1.76. The van der Waals surface area contributed by atoms with Crippen molar-refractivity contribution in [1.82, 2.24) is 25.0 Å². The highest BCUT2D eigenvalue weighted by molar-refractivity contribution is 7.99. The Kier molecular flexibility index (Phi) is 8.43. The predicted octanol–water partition coefficient (Wildman–Crippen LogP) is 3.70. The lowest BCUT2D eigenvalue weighted by molar-refractivity contribution is -0.128. The van der Waals surface area contributed by atoms with E-state index in [4.69, 9.17) is 0 Å². The summed E-state index contributed by atoms with van der Waals surface area (Å²) in [5.74, 6) is 0.837. The first-order chi connectivity index (χ1) is 17.5. The molecule has 0 spiro atoms. The molecule has 0 aliphatic carbocycles. The van der Waals surface area contributed by atoms with E-state index in [0.717, 1.165) is 18.7 Å². The first-order valence-corrected chi connectivity index (χ1v) is 13.1. The Bertz CT molecular complexity index is 1200. The summed E-state index contributed by atoms with van der Waals surface area (Å²) in [6, 6.07) is 17.4. The molecule has 8 nitrogen and oxygen atoms in total. The van der Waals surface area contributed by atoms with Gasteiger partial charge in [-0.1, -0.05) is 54.2 Å². The number of allylic oxidation sites excluding steroid dienone is 1. The monoisotopic (exact) mass is 504 g/mol. The molecule has 4 rings (SSSR count). The number of aryl methyl sites for hydroxylation is 1. The van der Waals surface area contributed by atoms with Crippen LogP contribution in [0.15, 0.2) is 72.4 Å². The minimum absolute atomic E-state index is 0.0864. The number of anilines is 1. The maximum atomic E-state index is 12.9. The molecule has 1 saturated heterocycles. The fourth-order valence-electron chi connectivity index (χ4n) is 4.26. The maximum absolute atomic E-state index is 12.9. The van der Waals surface area contributed by atoms with Gasteiger partial charge in [-0.05, 0) is 37.6 Å². The first kappa shape index (κ1) is 25.5. The average molecular weight is 505 g/mol. The summed E-state index contributed by atoms with van der Waals surface area (Å²) >= 11 is 1.37. The summed E-state index contributed by atoms with van der Waals surface area (Å²) in [5.41, 5.74) is 2.73. The van der Waals surface area contributed by atoms with E-state index in [1.54, 1.807) is 12.1 Å². The van der Waals surface area contributed by atoms with Gasteiger partial charge in [0, 0.05) is 44.0 Å². The molecule has 2 aromatic carbocycles. The molecule has 2 heterocycles. The van der Waals surface area contributed by atoms with Crippen molar-refractivity contribution in [2.24, 2.45) is 0 Å². The number of carbonyl (C=O) groups is 2. The minimum Gasteiger partial charge on any atom is -0.368 e. The van der Waals surface area contributed by atoms with Crippen molar-refractivity contribution in [3.8, 4) is 0 Å². The van der Waals surface area contributed by atoms with Crippen molar-refractivity contribution < 1.29 is 9.59 Å². The molecule has 1 aromatic heterocycles. The first-order valence-electron chi connectivity index (χ1n) is 12.1. The normalized spacial score (nSPS) is 14.4. The molecular weight excluding hydrogens is 472 g/mol. The number of hydrogen-bond acceptors (Lipinski definition) is 6. The number of piperazine rings is 1. The molecule has 188 valence electrons. The number of benzene rings is 2. The lowest BCUT2D eigenvalue weighted by atomic mass is 10.1. The highest BCUT2D eigenvalue weighted by atomic mass is 32.2. The third kappa shape index (κ3) is 5.96. The molecule has 9 heteroatoms. The topological polar surface area (TPSA) is 83.4 Å². The quantitative estimate of drug-likeness (QED) is 0.353. The number of nitrogens with zero attached hydrogens (tertiary/aromatic N) is 5. The van der Waals surface area contributed by atoms with Crippen molar-refractivity contribution in [2.45, 2.75) is 31.6 Å². The van der Waals surface area contributed by atoms with Gasteiger partial charge in [-0.3, -0.25) is 9.59 Å². The Morgan fingerprint density at radius 3 is 2.44 bits per heavy atom. The van der Waals surface area contributed by atoms with Crippen molar-refractivity contribution in [3.05, 3.63) is 84.2 Å². The standard InChI is InChI=1S/C27H32N6O2S/c1-4-14-33-25(21(3)28-26(35)23-13-9-8-10-20(23)2)29-30-27(33)36-19-24(34)32-17-15-31(16-18-32)22-11-6-5-7-12-22/h4-13,21H,1,14-19H2,2-3H3,(H,28,35)/t21-/m1/s1. The Labute approximate surface area is 216 Å². The second-order valence-corrected chi connectivity index (χ2v) is 9.68. The van der Waals surface area contributed by atoms with E-state index in [1.165, 1.54) is 17.4 Å². The summed E-state index contributed by atoms with van der Waals surface area (Å²) in [5, 5.41) is 12.3. The largest absolute Gasteiger partial charge is 0.368 e. The van der Waals surface area contributed by atoms with Gasteiger partial charge >= 0.3 is 0 Å². The number of hydrogen-bond donors (Lipinski definition) is 1. The van der Waals surface area contributed by atoms with E-state index in [1.807, 2.05) is 59.7 Å². The molecule has 0 radical (unpaired) electrons. The molecule has 1 fully saturated rings. The number of rotatable bonds is 9. The molecular formula is C27H32N6O2S. The van der Waals surface area contributed by atoms with Gasteiger partial charge in [-0.15, -0.1) is 16.8 Å². The third-order valence-electron chi connectivity index (χ3n) is 6.26. The number of thioether (sulfide) groups is 1. The number of nitrogens with one attached hydrogen (secondary N) is 1. The molecule has 0 saturated carbocycles. The summed E-state index contributed by atoms with van der Waals surface area (Å²) < 4.78 is 1.90. The average Bonchev–Trinajstić information content (AvgIpc) is 3.31. The van der Waals surface area contributed by atoms with Crippen LogP contribution in [0.2, 0.25) is 0 Å². The van der Waals surface area contributed by atoms with Crippen LogP contribution in [0.5, 0.6) is 0 Å². The molecule has 0 unspecified atom stereocenters. The zero-order chi connectivity index (χ0) is 25.5. The molecule has 1 N–H and O–H groups in total. The number of carbonyl (C=O) groups excluding carboxylic acids is 2. The van der Waals surface area contributed by atoms with Crippen LogP contribution in [0.1, 0.15) is 34.7 Å². The Balaban J connectivity index is 1.35. The van der Waals surface area contributed by atoms with Gasteiger partial charge in [-0.25, -0.2) is 0 Å². The Morgan fingerprint density at radius 1 is 1.06 bits per heavy atom. The van der Waals surface area contributed by atoms with E-state index in [-0.39, 0.29) is 23.6 Å². The van der Waals surface area contributed by atoms with Crippen LogP contribution in [0.25, 0.3) is 0 Å². The van der Waals surface area contributed by atoms with Gasteiger partial charge in [0.15, 0.2) is 11.0 Å². The molecule has 2 amide bonds. The molecule has 36 heavy (non-hydrogen) atoms. The zero-order valence-corrected chi connectivity index (χ0v) is 21.6. The van der Waals surface area contributed by atoms with Crippen LogP contribution in [-0.4, -0.2) is 63.4 Å². The van der Waals surface area contributed by atoms with Crippen molar-refractivity contribution in [3.63, 3.8) is 0 Å². The van der Waals surface area contributed by atoms with Crippen molar-refractivity contribution in [1.29, 1.82) is 0 Å². The van der Waals surface area contributed by atoms with Crippen LogP contribution in [-0.2, 0) is 11.3 Å². The molecule has 0 bridgehead atoms. The van der Waals surface area contributed by atoms with Gasteiger partial charge in [0.2, 0.25) is 5.91 Å². The van der Waals surface area contributed by atoms with E-state index < -0.39 is 0 Å².